The molecule has 0 aromatic heterocycles. The molecule has 116 valence electrons. The number of halogens is 1. The van der Waals surface area contributed by atoms with Gasteiger partial charge < -0.3 is 4.90 Å². The number of nitrogens with one attached hydrogen (secondary N) is 1. The zero-order chi connectivity index (χ0) is 15.6. The fraction of sp³-hybridized carbons (Fsp3) is 0.500. The maximum Gasteiger partial charge on any atom is 0.241 e. The molecule has 1 fully saturated rings. The highest BCUT2D eigenvalue weighted by atomic mass is 32.2. The van der Waals surface area contributed by atoms with Gasteiger partial charge >= 0.3 is 0 Å². The van der Waals surface area contributed by atoms with Gasteiger partial charge in [0.25, 0.3) is 0 Å². The number of amides is 1. The molecule has 0 bridgehead atoms. The molecule has 21 heavy (non-hydrogen) atoms. The van der Waals surface area contributed by atoms with Crippen LogP contribution in [0.2, 0.25) is 0 Å². The van der Waals surface area contributed by atoms with Crippen molar-refractivity contribution in [2.45, 2.75) is 37.6 Å². The van der Waals surface area contributed by atoms with Crippen LogP contribution >= 0.6 is 0 Å². The maximum absolute atomic E-state index is 13.1. The first-order valence-electron chi connectivity index (χ1n) is 6.83. The number of piperidine rings is 1. The zero-order valence-corrected chi connectivity index (χ0v) is 12.9. The van der Waals surface area contributed by atoms with E-state index < -0.39 is 15.8 Å². The lowest BCUT2D eigenvalue weighted by Crippen LogP contribution is -2.46. The van der Waals surface area contributed by atoms with Crippen LogP contribution in [0.15, 0.2) is 23.1 Å². The summed E-state index contributed by atoms with van der Waals surface area (Å²) in [5.74, 6) is -0.452. The highest BCUT2D eigenvalue weighted by molar-refractivity contribution is 7.89. The van der Waals surface area contributed by atoms with Crippen LogP contribution in [-0.4, -0.2) is 38.4 Å². The normalized spacial score (nSPS) is 17.0. The Kier molecular flexibility index (Phi) is 4.63. The summed E-state index contributed by atoms with van der Waals surface area (Å²) in [4.78, 5) is 13.0. The first-order valence-corrected chi connectivity index (χ1v) is 8.32. The number of carbonyl (C=O) groups is 1. The molecule has 1 amide bonds. The van der Waals surface area contributed by atoms with Crippen molar-refractivity contribution < 1.29 is 17.6 Å². The lowest BCUT2D eigenvalue weighted by Gasteiger charge is -2.31. The summed E-state index contributed by atoms with van der Waals surface area (Å²) in [5.41, 5.74) is 0.378. The van der Waals surface area contributed by atoms with Crippen molar-refractivity contribution in [1.29, 1.82) is 0 Å². The Morgan fingerprint density at radius 2 is 1.95 bits per heavy atom. The number of sulfonamides is 1. The van der Waals surface area contributed by atoms with Gasteiger partial charge in [-0.05, 0) is 43.5 Å². The minimum absolute atomic E-state index is 0.00526. The van der Waals surface area contributed by atoms with E-state index in [1.54, 1.807) is 11.8 Å². The second-order valence-electron chi connectivity index (χ2n) is 5.31. The standard InChI is InChI=1S/C14H19FN2O3S/c1-10-9-12(15)3-4-14(10)21(19,20)16-13-5-7-17(8-6-13)11(2)18/h3-4,9,13,16H,5-8H2,1-2H3. The van der Waals surface area contributed by atoms with Crippen LogP contribution in [-0.2, 0) is 14.8 Å². The van der Waals surface area contributed by atoms with Gasteiger partial charge in [0.2, 0.25) is 15.9 Å². The molecule has 2 rings (SSSR count). The lowest BCUT2D eigenvalue weighted by molar-refractivity contribution is -0.129. The van der Waals surface area contributed by atoms with E-state index in [1.165, 1.54) is 19.1 Å². The fourth-order valence-electron chi connectivity index (χ4n) is 2.51. The molecule has 0 spiro atoms. The lowest BCUT2D eigenvalue weighted by atomic mass is 10.1. The molecule has 0 radical (unpaired) electrons. The summed E-state index contributed by atoms with van der Waals surface area (Å²) < 4.78 is 40.4. The second-order valence-corrected chi connectivity index (χ2v) is 6.99. The molecule has 1 aliphatic rings. The third-order valence-corrected chi connectivity index (χ3v) is 5.37. The highest BCUT2D eigenvalue weighted by Gasteiger charge is 2.26. The molecule has 0 unspecified atom stereocenters. The van der Waals surface area contributed by atoms with E-state index in [1.807, 2.05) is 0 Å². The van der Waals surface area contributed by atoms with Crippen LogP contribution < -0.4 is 4.72 Å². The maximum atomic E-state index is 13.1. The van der Waals surface area contributed by atoms with Gasteiger partial charge in [-0.15, -0.1) is 0 Å². The van der Waals surface area contributed by atoms with Crippen molar-refractivity contribution in [3.05, 3.63) is 29.6 Å². The number of nitrogens with zero attached hydrogens (tertiary/aromatic N) is 1. The largest absolute Gasteiger partial charge is 0.343 e. The van der Waals surface area contributed by atoms with Crippen molar-refractivity contribution in [1.82, 2.24) is 9.62 Å². The smallest absolute Gasteiger partial charge is 0.241 e. The Hall–Kier alpha value is -1.47. The summed E-state index contributed by atoms with van der Waals surface area (Å²) >= 11 is 0. The van der Waals surface area contributed by atoms with Gasteiger partial charge in [0.15, 0.2) is 0 Å². The molecular formula is C14H19FN2O3S. The highest BCUT2D eigenvalue weighted by Crippen LogP contribution is 2.19. The third kappa shape index (κ3) is 3.79. The van der Waals surface area contributed by atoms with E-state index in [-0.39, 0.29) is 16.8 Å². The van der Waals surface area contributed by atoms with Gasteiger partial charge in [-0.25, -0.2) is 17.5 Å². The summed E-state index contributed by atoms with van der Waals surface area (Å²) in [6.45, 7) is 4.16. The van der Waals surface area contributed by atoms with Gasteiger partial charge in [0, 0.05) is 26.1 Å². The van der Waals surface area contributed by atoms with Crippen LogP contribution in [0.25, 0.3) is 0 Å². The molecule has 7 heteroatoms. The van der Waals surface area contributed by atoms with Gasteiger partial charge in [0.05, 0.1) is 4.90 Å². The Bertz CT molecular complexity index is 638. The van der Waals surface area contributed by atoms with Crippen molar-refractivity contribution in [2.75, 3.05) is 13.1 Å². The first kappa shape index (κ1) is 15.9. The van der Waals surface area contributed by atoms with Gasteiger partial charge in [0.1, 0.15) is 5.82 Å². The second kappa shape index (κ2) is 6.11. The predicted molar refractivity (Wildman–Crippen MR) is 76.7 cm³/mol. The molecule has 0 aliphatic carbocycles. The molecule has 1 aromatic rings. The van der Waals surface area contributed by atoms with E-state index in [0.29, 0.717) is 31.5 Å². The zero-order valence-electron chi connectivity index (χ0n) is 12.1. The Morgan fingerprint density at radius 3 is 2.48 bits per heavy atom. The molecule has 1 saturated heterocycles. The minimum atomic E-state index is -3.67. The van der Waals surface area contributed by atoms with E-state index in [0.717, 1.165) is 6.07 Å². The molecule has 5 nitrogen and oxygen atoms in total. The molecule has 0 saturated carbocycles. The van der Waals surface area contributed by atoms with E-state index in [4.69, 9.17) is 0 Å². The number of benzene rings is 1. The topological polar surface area (TPSA) is 66.5 Å². The van der Waals surface area contributed by atoms with Crippen molar-refractivity contribution >= 4 is 15.9 Å². The number of carbonyl (C=O) groups excluding carboxylic acids is 1. The summed E-state index contributed by atoms with van der Waals surface area (Å²) in [6.07, 6.45) is 1.16. The Labute approximate surface area is 124 Å². The molecule has 0 atom stereocenters. The first-order chi connectivity index (χ1) is 9.79. The number of aryl methyl sites for hydroxylation is 1. The monoisotopic (exact) mass is 314 g/mol. The van der Waals surface area contributed by atoms with Crippen LogP contribution in [0.1, 0.15) is 25.3 Å². The number of likely N-dealkylation sites (tertiary alicyclic amines) is 1. The number of rotatable bonds is 3. The van der Waals surface area contributed by atoms with Crippen molar-refractivity contribution in [3.63, 3.8) is 0 Å². The molecule has 1 aliphatic heterocycles. The average molecular weight is 314 g/mol. The van der Waals surface area contributed by atoms with Gasteiger partial charge in [-0.2, -0.15) is 0 Å². The van der Waals surface area contributed by atoms with Crippen LogP contribution in [0, 0.1) is 12.7 Å². The summed E-state index contributed by atoms with van der Waals surface area (Å²) in [5, 5.41) is 0. The predicted octanol–water partition coefficient (Wildman–Crippen LogP) is 1.42. The van der Waals surface area contributed by atoms with Crippen LogP contribution in [0.3, 0.4) is 0 Å². The molecular weight excluding hydrogens is 295 g/mol. The number of hydrogen-bond acceptors (Lipinski definition) is 3. The van der Waals surface area contributed by atoms with Gasteiger partial charge in [-0.3, -0.25) is 4.79 Å². The van der Waals surface area contributed by atoms with Crippen LogP contribution in [0.4, 0.5) is 4.39 Å². The van der Waals surface area contributed by atoms with Crippen LogP contribution in [0.5, 0.6) is 0 Å². The summed E-state index contributed by atoms with van der Waals surface area (Å²) in [6, 6.07) is 3.42. The van der Waals surface area contributed by atoms with Gasteiger partial charge in [-0.1, -0.05) is 0 Å². The van der Waals surface area contributed by atoms with E-state index >= 15 is 0 Å². The third-order valence-electron chi connectivity index (χ3n) is 3.69. The van der Waals surface area contributed by atoms with Crippen molar-refractivity contribution in [2.24, 2.45) is 0 Å². The average Bonchev–Trinajstić information content (AvgIpc) is 2.38. The molecule has 1 N–H and O–H groups in total. The molecule has 1 heterocycles. The van der Waals surface area contributed by atoms with E-state index in [9.17, 15) is 17.6 Å². The Balaban J connectivity index is 2.07. The van der Waals surface area contributed by atoms with E-state index in [2.05, 4.69) is 4.72 Å². The quantitative estimate of drug-likeness (QED) is 0.917. The summed E-state index contributed by atoms with van der Waals surface area (Å²) in [7, 11) is -3.67. The Morgan fingerprint density at radius 1 is 1.33 bits per heavy atom. The fourth-order valence-corrected chi connectivity index (χ4v) is 4.04. The SMILES string of the molecule is CC(=O)N1CCC(NS(=O)(=O)c2ccc(F)cc2C)CC1. The van der Waals surface area contributed by atoms with Crippen molar-refractivity contribution in [3.8, 4) is 0 Å². The molecule has 1 aromatic carbocycles. The minimum Gasteiger partial charge on any atom is -0.343 e. The number of hydrogen-bond donors (Lipinski definition) is 1.